The molecule has 36 heavy (non-hydrogen) atoms. The van der Waals surface area contributed by atoms with Gasteiger partial charge in [0.05, 0.1) is 18.6 Å². The molecule has 188 valence electrons. The maximum Gasteiger partial charge on any atom is 0.305 e. The summed E-state index contributed by atoms with van der Waals surface area (Å²) in [7, 11) is 1.56. The fourth-order valence-corrected chi connectivity index (χ4v) is 4.74. The van der Waals surface area contributed by atoms with Crippen molar-refractivity contribution in [3.63, 3.8) is 0 Å². The highest BCUT2D eigenvalue weighted by Gasteiger charge is 2.36. The number of hydrogen-bond donors (Lipinski definition) is 1. The number of carboxylic acids is 1. The molecule has 0 aliphatic carbocycles. The second-order valence-electron chi connectivity index (χ2n) is 9.16. The average Bonchev–Trinajstić information content (AvgIpc) is 3.18. The summed E-state index contributed by atoms with van der Waals surface area (Å²) in [6, 6.07) is 17.2. The molecular weight excluding hydrogens is 485 g/mol. The van der Waals surface area contributed by atoms with Gasteiger partial charge in [-0.15, -0.1) is 0 Å². The number of para-hydroxylation sites is 1. The fourth-order valence-electron chi connectivity index (χ4n) is 4.54. The molecule has 0 radical (unpaired) electrons. The Morgan fingerprint density at radius 3 is 2.67 bits per heavy atom. The Kier molecular flexibility index (Phi) is 7.50. The van der Waals surface area contributed by atoms with E-state index >= 15 is 0 Å². The summed E-state index contributed by atoms with van der Waals surface area (Å²) in [4.78, 5) is 26.2. The lowest BCUT2D eigenvalue weighted by Gasteiger charge is -2.24. The van der Waals surface area contributed by atoms with Crippen molar-refractivity contribution in [1.82, 2.24) is 4.90 Å². The number of methoxy groups -OCH3 is 1. The van der Waals surface area contributed by atoms with Gasteiger partial charge in [-0.3, -0.25) is 9.59 Å². The first kappa shape index (κ1) is 25.5. The number of ether oxygens (including phenoxy) is 2. The van der Waals surface area contributed by atoms with Crippen molar-refractivity contribution < 1.29 is 28.6 Å². The van der Waals surface area contributed by atoms with E-state index < -0.39 is 17.4 Å². The number of carbonyl (C=O) groups excluding carboxylic acids is 1. The fraction of sp³-hybridized carbons (Fsp3) is 0.286. The SMILES string of the molecule is COc1ccccc1CN(CCC(=O)O)C(=O)c1ccc2c(c1)C[C@](C)(Cc1ccc(F)c(Cl)c1)O2. The maximum atomic E-state index is 13.5. The van der Waals surface area contributed by atoms with Gasteiger partial charge in [0.15, 0.2) is 0 Å². The smallest absolute Gasteiger partial charge is 0.305 e. The number of nitrogens with zero attached hydrogens (tertiary/aromatic N) is 1. The van der Waals surface area contributed by atoms with E-state index in [1.54, 1.807) is 43.5 Å². The van der Waals surface area contributed by atoms with E-state index in [0.717, 1.165) is 16.7 Å². The van der Waals surface area contributed by atoms with Crippen molar-refractivity contribution in [2.45, 2.75) is 38.3 Å². The highest BCUT2D eigenvalue weighted by molar-refractivity contribution is 6.30. The Hall–Kier alpha value is -3.58. The number of amides is 1. The van der Waals surface area contributed by atoms with E-state index in [2.05, 4.69) is 0 Å². The lowest BCUT2D eigenvalue weighted by atomic mass is 9.91. The molecule has 8 heteroatoms. The zero-order chi connectivity index (χ0) is 25.9. The standard InChI is InChI=1S/C28H27ClFNO5/c1-28(15-18-7-9-23(30)22(29)13-18)16-21-14-19(8-10-25(21)36-28)27(34)31(12-11-26(32)33)17-20-5-3-4-6-24(20)35-2/h3-10,13-14H,11-12,15-17H2,1-2H3,(H,32,33)/t28-/m0/s1. The predicted molar refractivity (Wildman–Crippen MR) is 134 cm³/mol. The lowest BCUT2D eigenvalue weighted by molar-refractivity contribution is -0.137. The van der Waals surface area contributed by atoms with Crippen LogP contribution in [0.25, 0.3) is 0 Å². The van der Waals surface area contributed by atoms with Gasteiger partial charge in [0, 0.05) is 37.1 Å². The third-order valence-electron chi connectivity index (χ3n) is 6.23. The molecule has 0 fully saturated rings. The first-order valence-corrected chi connectivity index (χ1v) is 11.9. The summed E-state index contributed by atoms with van der Waals surface area (Å²) in [6.45, 7) is 2.24. The van der Waals surface area contributed by atoms with Crippen molar-refractivity contribution in [2.75, 3.05) is 13.7 Å². The number of fused-ring (bicyclic) bond motifs is 1. The number of rotatable bonds is 9. The van der Waals surface area contributed by atoms with Crippen molar-refractivity contribution in [3.8, 4) is 11.5 Å². The summed E-state index contributed by atoms with van der Waals surface area (Å²) >= 11 is 5.94. The average molecular weight is 512 g/mol. The van der Waals surface area contributed by atoms with Crippen LogP contribution in [0.2, 0.25) is 5.02 Å². The largest absolute Gasteiger partial charge is 0.496 e. The number of aliphatic carboxylic acids is 1. The predicted octanol–water partition coefficient (Wildman–Crippen LogP) is 5.54. The van der Waals surface area contributed by atoms with E-state index in [4.69, 9.17) is 21.1 Å². The van der Waals surface area contributed by atoms with Crippen molar-refractivity contribution in [3.05, 3.63) is 93.8 Å². The van der Waals surface area contributed by atoms with Gasteiger partial charge >= 0.3 is 5.97 Å². The third kappa shape index (κ3) is 5.79. The Bertz CT molecular complexity index is 1300. The molecular formula is C28H27ClFNO5. The van der Waals surface area contributed by atoms with Crippen LogP contribution in [0.15, 0.2) is 60.7 Å². The van der Waals surface area contributed by atoms with Crippen molar-refractivity contribution >= 4 is 23.5 Å². The monoisotopic (exact) mass is 511 g/mol. The maximum absolute atomic E-state index is 13.5. The van der Waals surface area contributed by atoms with Gasteiger partial charge in [0.25, 0.3) is 5.91 Å². The molecule has 0 aromatic heterocycles. The zero-order valence-corrected chi connectivity index (χ0v) is 20.8. The Balaban J connectivity index is 1.54. The van der Waals surface area contributed by atoms with Crippen LogP contribution in [0, 0.1) is 5.82 Å². The number of halogens is 2. The molecule has 6 nitrogen and oxygen atoms in total. The molecule has 0 saturated carbocycles. The minimum absolute atomic E-state index is 0.0584. The molecule has 1 aliphatic heterocycles. The van der Waals surface area contributed by atoms with Gasteiger partial charge in [-0.25, -0.2) is 4.39 Å². The summed E-state index contributed by atoms with van der Waals surface area (Å²) in [5.41, 5.74) is 2.39. The molecule has 0 spiro atoms. The zero-order valence-electron chi connectivity index (χ0n) is 20.1. The molecule has 0 saturated heterocycles. The molecule has 3 aromatic carbocycles. The van der Waals surface area contributed by atoms with Crippen molar-refractivity contribution in [2.24, 2.45) is 0 Å². The van der Waals surface area contributed by atoms with E-state index in [0.29, 0.717) is 29.9 Å². The third-order valence-corrected chi connectivity index (χ3v) is 6.52. The van der Waals surface area contributed by atoms with E-state index in [1.807, 2.05) is 25.1 Å². The van der Waals surface area contributed by atoms with Gasteiger partial charge in [-0.05, 0) is 54.4 Å². The van der Waals surface area contributed by atoms with Crippen LogP contribution >= 0.6 is 11.6 Å². The minimum Gasteiger partial charge on any atom is -0.496 e. The van der Waals surface area contributed by atoms with Crippen LogP contribution in [0.3, 0.4) is 0 Å². The van der Waals surface area contributed by atoms with Crippen LogP contribution in [-0.4, -0.2) is 41.1 Å². The van der Waals surface area contributed by atoms with Gasteiger partial charge in [0.1, 0.15) is 22.9 Å². The quantitative estimate of drug-likeness (QED) is 0.408. The molecule has 1 aliphatic rings. The summed E-state index contributed by atoms with van der Waals surface area (Å²) < 4.78 is 25.2. The van der Waals surface area contributed by atoms with Crippen molar-refractivity contribution in [1.29, 1.82) is 0 Å². The highest BCUT2D eigenvalue weighted by atomic mass is 35.5. The number of carbonyl (C=O) groups is 2. The molecule has 1 heterocycles. The van der Waals surface area contributed by atoms with Crippen LogP contribution in [0.4, 0.5) is 4.39 Å². The second kappa shape index (κ2) is 10.6. The number of benzene rings is 3. The van der Waals surface area contributed by atoms with Gasteiger partial charge in [-0.1, -0.05) is 35.9 Å². The molecule has 1 amide bonds. The summed E-state index contributed by atoms with van der Waals surface area (Å²) in [6.07, 6.45) is 0.900. The minimum atomic E-state index is -0.980. The van der Waals surface area contributed by atoms with Gasteiger partial charge in [-0.2, -0.15) is 0 Å². The number of hydrogen-bond acceptors (Lipinski definition) is 4. The Morgan fingerprint density at radius 1 is 1.17 bits per heavy atom. The second-order valence-corrected chi connectivity index (χ2v) is 9.57. The first-order chi connectivity index (χ1) is 17.2. The summed E-state index contributed by atoms with van der Waals surface area (Å²) in [5.74, 6) is -0.408. The van der Waals surface area contributed by atoms with Crippen LogP contribution in [0.1, 0.15) is 40.4 Å². The molecule has 0 unspecified atom stereocenters. The molecule has 1 N–H and O–H groups in total. The number of carboxylic acid groups (broad SMARTS) is 1. The summed E-state index contributed by atoms with van der Waals surface area (Å²) in [5, 5.41) is 9.28. The van der Waals surface area contributed by atoms with E-state index in [1.165, 1.54) is 11.0 Å². The molecule has 1 atom stereocenters. The normalized spacial score (nSPS) is 16.2. The first-order valence-electron chi connectivity index (χ1n) is 11.6. The lowest BCUT2D eigenvalue weighted by Crippen LogP contribution is -2.33. The van der Waals surface area contributed by atoms with Gasteiger partial charge < -0.3 is 19.5 Å². The molecule has 0 bridgehead atoms. The Labute approximate surface area is 214 Å². The van der Waals surface area contributed by atoms with E-state index in [-0.39, 0.29) is 30.4 Å². The topological polar surface area (TPSA) is 76.1 Å². The Morgan fingerprint density at radius 2 is 1.94 bits per heavy atom. The van der Waals surface area contributed by atoms with Crippen LogP contribution in [0.5, 0.6) is 11.5 Å². The van der Waals surface area contributed by atoms with Crippen LogP contribution < -0.4 is 9.47 Å². The molecule has 3 aromatic rings. The van der Waals surface area contributed by atoms with E-state index in [9.17, 15) is 19.1 Å². The van der Waals surface area contributed by atoms with Crippen LogP contribution in [-0.2, 0) is 24.2 Å². The highest BCUT2D eigenvalue weighted by Crippen LogP contribution is 2.38. The molecule has 4 rings (SSSR count). The van der Waals surface area contributed by atoms with Gasteiger partial charge in [0.2, 0.25) is 0 Å².